The van der Waals surface area contributed by atoms with E-state index in [1.54, 1.807) is 24.4 Å². The second kappa shape index (κ2) is 11.1. The summed E-state index contributed by atoms with van der Waals surface area (Å²) < 4.78 is 7.51. The quantitative estimate of drug-likeness (QED) is 0.369. The molecule has 1 N–H and O–H groups in total. The van der Waals surface area contributed by atoms with E-state index in [9.17, 15) is 4.79 Å². The number of nitrogens with zero attached hydrogens (tertiary/aromatic N) is 4. The molecule has 0 saturated heterocycles. The molecular formula is C24H24ClN5O2. The third-order valence-corrected chi connectivity index (χ3v) is 5.19. The number of aromatic nitrogens is 3. The van der Waals surface area contributed by atoms with Crippen molar-refractivity contribution < 1.29 is 9.53 Å². The van der Waals surface area contributed by atoms with E-state index in [0.29, 0.717) is 42.6 Å². The van der Waals surface area contributed by atoms with Crippen molar-refractivity contribution in [1.82, 2.24) is 14.8 Å². The van der Waals surface area contributed by atoms with Crippen LogP contribution in [0.4, 0.5) is 5.82 Å². The predicted molar refractivity (Wildman–Crippen MR) is 124 cm³/mol. The molecule has 7 nitrogen and oxygen atoms in total. The highest BCUT2D eigenvalue weighted by Crippen LogP contribution is 2.22. The fourth-order valence-corrected chi connectivity index (χ4v) is 3.34. The van der Waals surface area contributed by atoms with Crippen LogP contribution in [0.5, 0.6) is 5.75 Å². The number of pyridine rings is 1. The maximum Gasteiger partial charge on any atom is 0.249 e. The molecule has 2 heterocycles. The number of nitriles is 1. The summed E-state index contributed by atoms with van der Waals surface area (Å²) in [7, 11) is 0. The molecule has 0 aliphatic rings. The van der Waals surface area contributed by atoms with Crippen LogP contribution in [-0.2, 0) is 11.3 Å². The number of unbranched alkanes of at least 4 members (excludes halogenated alkanes) is 1. The van der Waals surface area contributed by atoms with Crippen molar-refractivity contribution in [3.8, 4) is 11.8 Å². The summed E-state index contributed by atoms with van der Waals surface area (Å²) in [6.45, 7) is 4.79. The number of ether oxygens (including phenoxy) is 1. The number of aryl methyl sites for hydroxylation is 1. The number of hydrogen-bond acceptors (Lipinski definition) is 5. The number of carbonyl (C=O) groups is 1. The van der Waals surface area contributed by atoms with Crippen LogP contribution in [0.1, 0.15) is 35.4 Å². The van der Waals surface area contributed by atoms with Gasteiger partial charge in [-0.05, 0) is 50.1 Å². The Morgan fingerprint density at radius 3 is 2.88 bits per heavy atom. The SMILES string of the molecule is Cc1nn(Cc2ccccc2Cl)c(C)c1C=CC(=O)Nc1ncccc1OCCCC#N. The van der Waals surface area contributed by atoms with E-state index in [0.717, 1.165) is 22.5 Å². The van der Waals surface area contributed by atoms with Crippen molar-refractivity contribution in [1.29, 1.82) is 5.26 Å². The molecule has 0 radical (unpaired) electrons. The Labute approximate surface area is 192 Å². The van der Waals surface area contributed by atoms with E-state index in [-0.39, 0.29) is 5.91 Å². The van der Waals surface area contributed by atoms with Crippen molar-refractivity contribution in [3.63, 3.8) is 0 Å². The lowest BCUT2D eigenvalue weighted by atomic mass is 10.1. The molecule has 0 aliphatic carbocycles. The molecule has 0 atom stereocenters. The lowest BCUT2D eigenvalue weighted by Crippen LogP contribution is -2.11. The molecule has 0 fully saturated rings. The van der Waals surface area contributed by atoms with Gasteiger partial charge in [0.05, 0.1) is 24.9 Å². The molecule has 0 bridgehead atoms. The molecule has 0 saturated carbocycles. The molecule has 1 amide bonds. The fraction of sp³-hybridized carbons (Fsp3) is 0.250. The van der Waals surface area contributed by atoms with Gasteiger partial charge in [-0.1, -0.05) is 29.8 Å². The van der Waals surface area contributed by atoms with Crippen LogP contribution in [0.25, 0.3) is 6.08 Å². The van der Waals surface area contributed by atoms with Crippen LogP contribution >= 0.6 is 11.6 Å². The largest absolute Gasteiger partial charge is 0.490 e. The van der Waals surface area contributed by atoms with E-state index >= 15 is 0 Å². The summed E-state index contributed by atoms with van der Waals surface area (Å²) in [5.74, 6) is 0.470. The zero-order valence-corrected chi connectivity index (χ0v) is 18.8. The number of amides is 1. The van der Waals surface area contributed by atoms with Gasteiger partial charge in [-0.3, -0.25) is 9.48 Å². The maximum atomic E-state index is 12.5. The Morgan fingerprint density at radius 1 is 1.28 bits per heavy atom. The normalized spacial score (nSPS) is 10.8. The van der Waals surface area contributed by atoms with E-state index in [1.165, 1.54) is 6.08 Å². The minimum atomic E-state index is -0.330. The summed E-state index contributed by atoms with van der Waals surface area (Å²) in [5.41, 5.74) is 3.61. The smallest absolute Gasteiger partial charge is 0.249 e. The lowest BCUT2D eigenvalue weighted by Gasteiger charge is -2.09. The highest BCUT2D eigenvalue weighted by atomic mass is 35.5. The molecule has 0 spiro atoms. The summed E-state index contributed by atoms with van der Waals surface area (Å²) in [5, 5.41) is 16.6. The predicted octanol–water partition coefficient (Wildman–Crippen LogP) is 4.93. The molecule has 32 heavy (non-hydrogen) atoms. The van der Waals surface area contributed by atoms with E-state index < -0.39 is 0 Å². The van der Waals surface area contributed by atoms with Gasteiger partial charge in [-0.25, -0.2) is 4.98 Å². The third kappa shape index (κ3) is 5.96. The summed E-state index contributed by atoms with van der Waals surface area (Å²) >= 11 is 6.27. The highest BCUT2D eigenvalue weighted by molar-refractivity contribution is 6.31. The first-order valence-electron chi connectivity index (χ1n) is 10.2. The lowest BCUT2D eigenvalue weighted by molar-refractivity contribution is -0.111. The number of nitrogens with one attached hydrogen (secondary N) is 1. The van der Waals surface area contributed by atoms with Gasteiger partial charge >= 0.3 is 0 Å². The monoisotopic (exact) mass is 449 g/mol. The number of benzene rings is 1. The summed E-state index contributed by atoms with van der Waals surface area (Å²) in [6.07, 6.45) is 5.79. The Kier molecular flexibility index (Phi) is 8.01. The van der Waals surface area contributed by atoms with Gasteiger partial charge < -0.3 is 10.1 Å². The molecule has 0 aliphatic heterocycles. The molecule has 2 aromatic heterocycles. The summed E-state index contributed by atoms with van der Waals surface area (Å²) in [6, 6.07) is 13.2. The number of anilines is 1. The molecule has 8 heteroatoms. The first-order valence-corrected chi connectivity index (χ1v) is 10.6. The standard InChI is InChI=1S/C24H24ClN5O2/c1-17-20(18(2)30(29-17)16-19-8-3-4-9-21(19)25)11-12-23(31)28-24-22(10-7-14-27-24)32-15-6-5-13-26/h3-4,7-12,14H,5-6,15-16H2,1-2H3,(H,27,28,31). The summed E-state index contributed by atoms with van der Waals surface area (Å²) in [4.78, 5) is 16.7. The van der Waals surface area contributed by atoms with Crippen LogP contribution in [0.3, 0.4) is 0 Å². The first-order chi connectivity index (χ1) is 15.5. The van der Waals surface area contributed by atoms with Crippen LogP contribution in [0.15, 0.2) is 48.7 Å². The van der Waals surface area contributed by atoms with Crippen molar-refractivity contribution in [3.05, 3.63) is 76.2 Å². The van der Waals surface area contributed by atoms with Gasteiger partial charge in [-0.2, -0.15) is 10.4 Å². The van der Waals surface area contributed by atoms with E-state index in [1.807, 2.05) is 42.8 Å². The van der Waals surface area contributed by atoms with Gasteiger partial charge in [0.25, 0.3) is 0 Å². The van der Waals surface area contributed by atoms with Gasteiger partial charge in [-0.15, -0.1) is 0 Å². The van der Waals surface area contributed by atoms with Crippen molar-refractivity contribution >= 4 is 29.4 Å². The maximum absolute atomic E-state index is 12.5. The Balaban J connectivity index is 1.68. The van der Waals surface area contributed by atoms with Crippen molar-refractivity contribution in [2.45, 2.75) is 33.2 Å². The van der Waals surface area contributed by atoms with Crippen LogP contribution in [0.2, 0.25) is 5.02 Å². The zero-order valence-electron chi connectivity index (χ0n) is 18.0. The highest BCUT2D eigenvalue weighted by Gasteiger charge is 2.12. The Morgan fingerprint density at radius 2 is 2.09 bits per heavy atom. The van der Waals surface area contributed by atoms with Gasteiger partial charge in [0, 0.05) is 35.0 Å². The minimum Gasteiger partial charge on any atom is -0.490 e. The van der Waals surface area contributed by atoms with Gasteiger partial charge in [0.1, 0.15) is 0 Å². The second-order valence-electron chi connectivity index (χ2n) is 7.12. The van der Waals surface area contributed by atoms with Crippen LogP contribution < -0.4 is 10.1 Å². The zero-order chi connectivity index (χ0) is 22.9. The Bertz CT molecular complexity index is 1160. The van der Waals surface area contributed by atoms with Crippen LogP contribution in [-0.4, -0.2) is 27.3 Å². The Hall–Kier alpha value is -3.63. The number of carbonyl (C=O) groups excluding carboxylic acids is 1. The second-order valence-corrected chi connectivity index (χ2v) is 7.52. The molecule has 0 unspecified atom stereocenters. The van der Waals surface area contributed by atoms with Crippen LogP contribution in [0, 0.1) is 25.2 Å². The number of halogens is 1. The molecule has 164 valence electrons. The van der Waals surface area contributed by atoms with Crippen molar-refractivity contribution in [2.24, 2.45) is 0 Å². The average Bonchev–Trinajstić information content (AvgIpc) is 3.05. The third-order valence-electron chi connectivity index (χ3n) is 4.82. The topological polar surface area (TPSA) is 92.8 Å². The van der Waals surface area contributed by atoms with Gasteiger partial charge in [0.15, 0.2) is 11.6 Å². The minimum absolute atomic E-state index is 0.330. The molecular weight excluding hydrogens is 426 g/mol. The average molecular weight is 450 g/mol. The number of rotatable bonds is 9. The molecule has 1 aromatic carbocycles. The van der Waals surface area contributed by atoms with Crippen molar-refractivity contribution in [2.75, 3.05) is 11.9 Å². The number of hydrogen-bond donors (Lipinski definition) is 1. The molecule has 3 aromatic rings. The van der Waals surface area contributed by atoms with E-state index in [4.69, 9.17) is 21.6 Å². The molecule has 3 rings (SSSR count). The first kappa shape index (κ1) is 23.0. The fourth-order valence-electron chi connectivity index (χ4n) is 3.15. The van der Waals surface area contributed by atoms with Gasteiger partial charge in [0.2, 0.25) is 5.91 Å². The van der Waals surface area contributed by atoms with E-state index in [2.05, 4.69) is 21.5 Å².